The first-order chi connectivity index (χ1) is 16.9. The van der Waals surface area contributed by atoms with Crippen molar-refractivity contribution in [2.24, 2.45) is 5.92 Å². The number of nitrogens with one attached hydrogen (secondary N) is 1. The molecule has 0 radical (unpaired) electrons. The Hall–Kier alpha value is -2.97. The molecule has 184 valence electrons. The Morgan fingerprint density at radius 3 is 2.31 bits per heavy atom. The summed E-state index contributed by atoms with van der Waals surface area (Å²) < 4.78 is 41.9. The smallest absolute Gasteiger partial charge is 0.243 e. The van der Waals surface area contributed by atoms with Crippen molar-refractivity contribution >= 4 is 38.1 Å². The fraction of sp³-hybridized carbons (Fsp3) is 0.370. The Kier molecular flexibility index (Phi) is 6.75. The number of sulfonamides is 1. The molecule has 3 aromatic rings. The van der Waals surface area contributed by atoms with Gasteiger partial charge in [-0.1, -0.05) is 30.3 Å². The Morgan fingerprint density at radius 2 is 1.57 bits per heavy atom. The minimum Gasteiger partial charge on any atom is -0.370 e. The van der Waals surface area contributed by atoms with Gasteiger partial charge in [-0.3, -0.25) is 4.79 Å². The van der Waals surface area contributed by atoms with Crippen LogP contribution in [0.5, 0.6) is 0 Å². The van der Waals surface area contributed by atoms with Crippen LogP contribution in [0.25, 0.3) is 10.8 Å². The van der Waals surface area contributed by atoms with Crippen molar-refractivity contribution in [3.63, 3.8) is 0 Å². The van der Waals surface area contributed by atoms with Crippen LogP contribution in [0, 0.1) is 11.7 Å². The van der Waals surface area contributed by atoms with Crippen LogP contribution in [-0.2, 0) is 14.8 Å². The number of benzene rings is 3. The quantitative estimate of drug-likeness (QED) is 0.540. The minimum atomic E-state index is -3.64. The Labute approximate surface area is 205 Å². The zero-order valence-electron chi connectivity index (χ0n) is 19.6. The first-order valence-electron chi connectivity index (χ1n) is 12.3. The number of halogens is 1. The number of amides is 1. The lowest BCUT2D eigenvalue weighted by Gasteiger charge is -2.32. The number of carbonyl (C=O) groups is 1. The number of anilines is 2. The molecule has 0 aliphatic carbocycles. The molecule has 0 saturated carbocycles. The number of fused-ring (bicyclic) bond motifs is 1. The maximum atomic E-state index is 14.0. The first-order valence-corrected chi connectivity index (χ1v) is 13.7. The summed E-state index contributed by atoms with van der Waals surface area (Å²) in [5, 5.41) is 4.80. The van der Waals surface area contributed by atoms with Crippen LogP contribution in [0.1, 0.15) is 32.1 Å². The number of piperidine rings is 2. The van der Waals surface area contributed by atoms with Crippen molar-refractivity contribution in [1.29, 1.82) is 0 Å². The Balaban J connectivity index is 1.26. The summed E-state index contributed by atoms with van der Waals surface area (Å²) in [7, 11) is -3.64. The van der Waals surface area contributed by atoms with Crippen LogP contribution in [0.3, 0.4) is 0 Å². The lowest BCUT2D eigenvalue weighted by Crippen LogP contribution is -2.41. The van der Waals surface area contributed by atoms with E-state index in [0.717, 1.165) is 42.4 Å². The molecule has 6 nitrogen and oxygen atoms in total. The van der Waals surface area contributed by atoms with Gasteiger partial charge in [-0.05, 0) is 73.2 Å². The van der Waals surface area contributed by atoms with Gasteiger partial charge in [0, 0.05) is 32.1 Å². The summed E-state index contributed by atoms with van der Waals surface area (Å²) in [6.07, 6.45) is 4.18. The van der Waals surface area contributed by atoms with Gasteiger partial charge in [0.2, 0.25) is 15.9 Å². The van der Waals surface area contributed by atoms with Crippen molar-refractivity contribution < 1.29 is 17.6 Å². The standard InChI is InChI=1S/C27H30FN3O3S/c28-23-9-11-26(30-14-4-1-5-15-30)25(19-23)29-27(32)21-12-16-31(17-13-21)35(33,34)24-10-8-20-6-2-3-7-22(20)18-24/h2-3,6-11,18-19,21H,1,4-5,12-17H2,(H,29,32). The van der Waals surface area contributed by atoms with Crippen LogP contribution < -0.4 is 10.2 Å². The number of hydrogen-bond acceptors (Lipinski definition) is 4. The predicted octanol–water partition coefficient (Wildman–Crippen LogP) is 5.01. The van der Waals surface area contributed by atoms with E-state index in [2.05, 4.69) is 10.2 Å². The second-order valence-electron chi connectivity index (χ2n) is 9.39. The van der Waals surface area contributed by atoms with Gasteiger partial charge in [0.15, 0.2) is 0 Å². The van der Waals surface area contributed by atoms with Gasteiger partial charge in [-0.2, -0.15) is 4.31 Å². The molecule has 8 heteroatoms. The van der Waals surface area contributed by atoms with Gasteiger partial charge in [0.25, 0.3) is 0 Å². The molecular formula is C27H30FN3O3S. The second kappa shape index (κ2) is 9.95. The van der Waals surface area contributed by atoms with E-state index in [9.17, 15) is 17.6 Å². The normalized spacial score (nSPS) is 18.0. The molecule has 1 amide bonds. The van der Waals surface area contributed by atoms with Crippen LogP contribution in [0.2, 0.25) is 0 Å². The second-order valence-corrected chi connectivity index (χ2v) is 11.3. The molecular weight excluding hydrogens is 465 g/mol. The fourth-order valence-electron chi connectivity index (χ4n) is 5.09. The van der Waals surface area contributed by atoms with Gasteiger partial charge in [-0.25, -0.2) is 12.8 Å². The number of nitrogens with zero attached hydrogens (tertiary/aromatic N) is 2. The molecule has 0 spiro atoms. The fourth-order valence-corrected chi connectivity index (χ4v) is 6.59. The minimum absolute atomic E-state index is 0.184. The summed E-state index contributed by atoms with van der Waals surface area (Å²) in [6, 6.07) is 17.4. The van der Waals surface area contributed by atoms with E-state index in [1.165, 1.54) is 22.9 Å². The highest BCUT2D eigenvalue weighted by molar-refractivity contribution is 7.89. The van der Waals surface area contributed by atoms with E-state index >= 15 is 0 Å². The van der Waals surface area contributed by atoms with Gasteiger partial charge < -0.3 is 10.2 Å². The van der Waals surface area contributed by atoms with Crippen molar-refractivity contribution in [1.82, 2.24) is 4.31 Å². The average molecular weight is 496 g/mol. The van der Waals surface area contributed by atoms with Crippen LogP contribution >= 0.6 is 0 Å². The average Bonchev–Trinajstić information content (AvgIpc) is 2.89. The highest BCUT2D eigenvalue weighted by Gasteiger charge is 2.32. The molecule has 2 heterocycles. The predicted molar refractivity (Wildman–Crippen MR) is 137 cm³/mol. The highest BCUT2D eigenvalue weighted by Crippen LogP contribution is 2.31. The van der Waals surface area contributed by atoms with Gasteiger partial charge in [-0.15, -0.1) is 0 Å². The summed E-state index contributed by atoms with van der Waals surface area (Å²) in [5.74, 6) is -0.899. The molecule has 2 aliphatic heterocycles. The lowest BCUT2D eigenvalue weighted by molar-refractivity contribution is -0.120. The van der Waals surface area contributed by atoms with E-state index in [1.54, 1.807) is 18.2 Å². The Morgan fingerprint density at radius 1 is 0.857 bits per heavy atom. The molecule has 35 heavy (non-hydrogen) atoms. The summed E-state index contributed by atoms with van der Waals surface area (Å²) in [4.78, 5) is 15.5. The number of carbonyl (C=O) groups excluding carboxylic acids is 1. The highest BCUT2D eigenvalue weighted by atomic mass is 32.2. The van der Waals surface area contributed by atoms with Crippen molar-refractivity contribution in [2.75, 3.05) is 36.4 Å². The first kappa shape index (κ1) is 23.8. The molecule has 2 fully saturated rings. The van der Waals surface area contributed by atoms with Crippen molar-refractivity contribution in [2.45, 2.75) is 37.0 Å². The molecule has 0 bridgehead atoms. The van der Waals surface area contributed by atoms with Crippen LogP contribution in [0.4, 0.5) is 15.8 Å². The van der Waals surface area contributed by atoms with Crippen LogP contribution in [0.15, 0.2) is 65.6 Å². The summed E-state index contributed by atoms with van der Waals surface area (Å²) >= 11 is 0. The summed E-state index contributed by atoms with van der Waals surface area (Å²) in [6.45, 7) is 2.32. The van der Waals surface area contributed by atoms with Gasteiger partial charge >= 0.3 is 0 Å². The van der Waals surface area contributed by atoms with Gasteiger partial charge in [0.1, 0.15) is 5.82 Å². The third kappa shape index (κ3) is 5.04. The molecule has 0 unspecified atom stereocenters. The van der Waals surface area contributed by atoms with Crippen molar-refractivity contribution in [3.05, 3.63) is 66.5 Å². The lowest BCUT2D eigenvalue weighted by atomic mass is 9.97. The molecule has 0 atom stereocenters. The molecule has 5 rings (SSSR count). The maximum Gasteiger partial charge on any atom is 0.243 e. The van der Waals surface area contributed by atoms with E-state index < -0.39 is 15.8 Å². The molecule has 2 saturated heterocycles. The zero-order valence-corrected chi connectivity index (χ0v) is 20.4. The third-order valence-corrected chi connectivity index (χ3v) is 8.99. The van der Waals surface area contributed by atoms with Gasteiger partial charge in [0.05, 0.1) is 16.3 Å². The molecule has 3 aromatic carbocycles. The SMILES string of the molecule is O=C(Nc1cc(F)ccc1N1CCCCC1)C1CCN(S(=O)(=O)c2ccc3ccccc3c2)CC1. The van der Waals surface area contributed by atoms with E-state index in [0.29, 0.717) is 18.5 Å². The monoisotopic (exact) mass is 495 g/mol. The third-order valence-electron chi connectivity index (χ3n) is 7.10. The topological polar surface area (TPSA) is 69.7 Å². The Bertz CT molecular complexity index is 1330. The number of rotatable bonds is 5. The number of hydrogen-bond donors (Lipinski definition) is 1. The maximum absolute atomic E-state index is 14.0. The zero-order chi connectivity index (χ0) is 24.4. The van der Waals surface area contributed by atoms with E-state index in [4.69, 9.17) is 0 Å². The van der Waals surface area contributed by atoms with E-state index in [-0.39, 0.29) is 29.8 Å². The van der Waals surface area contributed by atoms with Crippen molar-refractivity contribution in [3.8, 4) is 0 Å². The molecule has 0 aromatic heterocycles. The van der Waals surface area contributed by atoms with E-state index in [1.807, 2.05) is 30.3 Å². The molecule has 1 N–H and O–H groups in total. The summed E-state index contributed by atoms with van der Waals surface area (Å²) in [5.41, 5.74) is 1.33. The largest absolute Gasteiger partial charge is 0.370 e. The molecule has 2 aliphatic rings. The van der Waals surface area contributed by atoms with Crippen LogP contribution in [-0.4, -0.2) is 44.8 Å².